The number of thiophene rings is 1. The number of rotatable bonds is 2. The lowest BCUT2D eigenvalue weighted by Gasteiger charge is -2.10. The number of halogens is 3. The monoisotopic (exact) mass is 408 g/mol. The van der Waals surface area contributed by atoms with Crippen molar-refractivity contribution in [2.24, 2.45) is 0 Å². The van der Waals surface area contributed by atoms with E-state index in [-0.39, 0.29) is 0 Å². The molecule has 3 aromatic heterocycles. The molecule has 0 bridgehead atoms. The first-order valence-electron chi connectivity index (χ1n) is 9.23. The Kier molecular flexibility index (Phi) is 4.21. The van der Waals surface area contributed by atoms with Crippen LogP contribution in [0.4, 0.5) is 13.2 Å². The van der Waals surface area contributed by atoms with Crippen LogP contribution < -0.4 is 0 Å². The molecule has 1 saturated carbocycles. The predicted molar refractivity (Wildman–Crippen MR) is 108 cm³/mol. The lowest BCUT2D eigenvalue weighted by atomic mass is 10.0. The third-order valence-corrected chi connectivity index (χ3v) is 5.82. The van der Waals surface area contributed by atoms with Crippen LogP contribution >= 0.6 is 11.3 Å². The fraction of sp³-hybridized carbons (Fsp3) is 0.174. The van der Waals surface area contributed by atoms with E-state index in [9.17, 15) is 13.2 Å². The molecule has 1 aliphatic carbocycles. The molecule has 0 unspecified atom stereocenters. The Labute approximate surface area is 169 Å². The van der Waals surface area contributed by atoms with Crippen molar-refractivity contribution in [2.75, 3.05) is 0 Å². The largest absolute Gasteiger partial charge is 0.416 e. The summed E-state index contributed by atoms with van der Waals surface area (Å²) in [6, 6.07) is 11.3. The van der Waals surface area contributed by atoms with E-state index in [2.05, 4.69) is 22.9 Å². The normalized spacial score (nSPS) is 14.0. The molecule has 0 radical (unpaired) electrons. The van der Waals surface area contributed by atoms with E-state index in [1.54, 1.807) is 17.5 Å². The van der Waals surface area contributed by atoms with Crippen LogP contribution in [0.5, 0.6) is 0 Å². The molecule has 1 fully saturated rings. The molecule has 4 aromatic rings. The van der Waals surface area contributed by atoms with Gasteiger partial charge in [-0.2, -0.15) is 13.2 Å². The van der Waals surface area contributed by atoms with Crippen molar-refractivity contribution in [3.8, 4) is 23.0 Å². The van der Waals surface area contributed by atoms with Gasteiger partial charge in [0.15, 0.2) is 0 Å². The van der Waals surface area contributed by atoms with Crippen LogP contribution in [0.25, 0.3) is 16.8 Å². The van der Waals surface area contributed by atoms with E-state index in [0.29, 0.717) is 5.92 Å². The van der Waals surface area contributed by atoms with Crippen molar-refractivity contribution in [3.63, 3.8) is 0 Å². The van der Waals surface area contributed by atoms with E-state index in [0.717, 1.165) is 57.9 Å². The molecule has 0 spiro atoms. The van der Waals surface area contributed by atoms with Gasteiger partial charge in [0.1, 0.15) is 11.3 Å². The maximum absolute atomic E-state index is 12.9. The third kappa shape index (κ3) is 3.54. The van der Waals surface area contributed by atoms with E-state index >= 15 is 0 Å². The summed E-state index contributed by atoms with van der Waals surface area (Å²) in [6.45, 7) is 0. The number of aromatic nitrogens is 2. The summed E-state index contributed by atoms with van der Waals surface area (Å²) >= 11 is 1.58. The van der Waals surface area contributed by atoms with Crippen molar-refractivity contribution in [2.45, 2.75) is 24.9 Å². The van der Waals surface area contributed by atoms with Crippen LogP contribution in [0.15, 0.2) is 60.2 Å². The predicted octanol–water partition coefficient (Wildman–Crippen LogP) is 6.36. The molecular weight excluding hydrogens is 393 g/mol. The van der Waals surface area contributed by atoms with Gasteiger partial charge in [-0.1, -0.05) is 18.2 Å². The molecule has 0 N–H and O–H groups in total. The molecule has 1 aromatic carbocycles. The van der Waals surface area contributed by atoms with Crippen LogP contribution in [0.1, 0.15) is 40.5 Å². The summed E-state index contributed by atoms with van der Waals surface area (Å²) in [5.74, 6) is 6.78. The molecule has 0 atom stereocenters. The van der Waals surface area contributed by atoms with Crippen molar-refractivity contribution in [1.29, 1.82) is 0 Å². The first kappa shape index (κ1) is 18.0. The fourth-order valence-corrected chi connectivity index (χ4v) is 3.96. The number of alkyl halides is 3. The number of imidazole rings is 1. The highest BCUT2D eigenvalue weighted by Gasteiger charge is 2.30. The van der Waals surface area contributed by atoms with Gasteiger partial charge in [0.2, 0.25) is 0 Å². The number of hydrogen-bond acceptors (Lipinski definition) is 2. The van der Waals surface area contributed by atoms with E-state index in [1.165, 1.54) is 12.1 Å². The zero-order valence-corrected chi connectivity index (χ0v) is 16.0. The maximum atomic E-state index is 12.9. The van der Waals surface area contributed by atoms with Gasteiger partial charge < -0.3 is 0 Å². The number of fused-ring (bicyclic) bond motifs is 1. The molecule has 144 valence electrons. The highest BCUT2D eigenvalue weighted by Crippen LogP contribution is 2.43. The average molecular weight is 408 g/mol. The minimum atomic E-state index is -4.34. The van der Waals surface area contributed by atoms with Crippen LogP contribution in [-0.2, 0) is 6.18 Å². The molecule has 0 amide bonds. The maximum Gasteiger partial charge on any atom is 0.416 e. The van der Waals surface area contributed by atoms with Crippen LogP contribution in [0.2, 0.25) is 0 Å². The topological polar surface area (TPSA) is 17.3 Å². The SMILES string of the molecule is FC(F)(F)c1ccc(-c2cc(C3CC3)c3ncc(C#Cc4cccs4)n3c2)cc1. The summed E-state index contributed by atoms with van der Waals surface area (Å²) in [6.07, 6.45) is 1.55. The summed E-state index contributed by atoms with van der Waals surface area (Å²) in [4.78, 5) is 5.55. The Morgan fingerprint density at radius 1 is 1.03 bits per heavy atom. The smallest absolute Gasteiger partial charge is 0.292 e. The molecule has 3 heterocycles. The lowest BCUT2D eigenvalue weighted by Crippen LogP contribution is -2.04. The van der Waals surface area contributed by atoms with Gasteiger partial charge in [-0.15, -0.1) is 11.3 Å². The first-order chi connectivity index (χ1) is 14.0. The standard InChI is InChI=1S/C23H15F3N2S/c24-23(25,26)18-7-5-15(6-8-18)17-12-21(16-3-4-16)22-27-13-19(28(22)14-17)9-10-20-2-1-11-29-20/h1-2,5-8,11-14,16H,3-4H2. The van der Waals surface area contributed by atoms with Gasteiger partial charge in [0.25, 0.3) is 0 Å². The second kappa shape index (κ2) is 6.78. The summed E-state index contributed by atoms with van der Waals surface area (Å²) in [5, 5.41) is 1.98. The molecule has 1 aliphatic rings. The molecule has 5 rings (SSSR count). The number of hydrogen-bond donors (Lipinski definition) is 0. The quantitative estimate of drug-likeness (QED) is 0.353. The highest BCUT2D eigenvalue weighted by atomic mass is 32.1. The van der Waals surface area contributed by atoms with E-state index < -0.39 is 11.7 Å². The first-order valence-corrected chi connectivity index (χ1v) is 10.1. The molecule has 29 heavy (non-hydrogen) atoms. The molecule has 6 heteroatoms. The van der Waals surface area contributed by atoms with Crippen LogP contribution in [0.3, 0.4) is 0 Å². The van der Waals surface area contributed by atoms with Gasteiger partial charge in [-0.25, -0.2) is 4.98 Å². The third-order valence-electron chi connectivity index (χ3n) is 5.03. The Balaban J connectivity index is 1.61. The molecule has 0 saturated heterocycles. The average Bonchev–Trinajstić information content (AvgIpc) is 3.26. The van der Waals surface area contributed by atoms with Gasteiger partial charge in [-0.3, -0.25) is 4.40 Å². The Hall–Kier alpha value is -3.04. The van der Waals surface area contributed by atoms with Gasteiger partial charge in [0, 0.05) is 6.20 Å². The highest BCUT2D eigenvalue weighted by molar-refractivity contribution is 7.10. The van der Waals surface area contributed by atoms with E-state index in [4.69, 9.17) is 0 Å². The second-order valence-corrected chi connectivity index (χ2v) is 8.05. The van der Waals surface area contributed by atoms with Crippen molar-refractivity contribution in [1.82, 2.24) is 9.38 Å². The van der Waals surface area contributed by atoms with Gasteiger partial charge in [-0.05, 0) is 76.9 Å². The number of benzene rings is 1. The van der Waals surface area contributed by atoms with E-state index in [1.807, 2.05) is 28.1 Å². The van der Waals surface area contributed by atoms with Crippen molar-refractivity contribution >= 4 is 17.0 Å². The number of pyridine rings is 1. The van der Waals surface area contributed by atoms with Gasteiger partial charge in [0.05, 0.1) is 16.6 Å². The molecule has 0 aliphatic heterocycles. The van der Waals surface area contributed by atoms with Crippen molar-refractivity contribution in [3.05, 3.63) is 81.9 Å². The molecule has 2 nitrogen and oxygen atoms in total. The summed E-state index contributed by atoms with van der Waals surface area (Å²) in [5.41, 5.74) is 3.74. The Morgan fingerprint density at radius 3 is 2.48 bits per heavy atom. The lowest BCUT2D eigenvalue weighted by molar-refractivity contribution is -0.137. The second-order valence-electron chi connectivity index (χ2n) is 7.10. The molecular formula is C23H15F3N2S. The Bertz CT molecular complexity index is 1240. The fourth-order valence-electron chi connectivity index (χ4n) is 3.39. The van der Waals surface area contributed by atoms with Crippen LogP contribution in [-0.4, -0.2) is 9.38 Å². The zero-order chi connectivity index (χ0) is 20.0. The summed E-state index contributed by atoms with van der Waals surface area (Å²) < 4.78 is 40.6. The Morgan fingerprint density at radius 2 is 1.83 bits per heavy atom. The van der Waals surface area contributed by atoms with Gasteiger partial charge >= 0.3 is 6.18 Å². The minimum absolute atomic E-state index is 0.451. The van der Waals surface area contributed by atoms with Crippen molar-refractivity contribution < 1.29 is 13.2 Å². The minimum Gasteiger partial charge on any atom is -0.292 e. The zero-order valence-electron chi connectivity index (χ0n) is 15.2. The van der Waals surface area contributed by atoms with Crippen LogP contribution in [0, 0.1) is 11.8 Å². The summed E-state index contributed by atoms with van der Waals surface area (Å²) in [7, 11) is 0. The number of nitrogens with zero attached hydrogens (tertiary/aromatic N) is 2.